The van der Waals surface area contributed by atoms with Crippen LogP contribution < -0.4 is 4.72 Å². The van der Waals surface area contributed by atoms with Gasteiger partial charge < -0.3 is 0 Å². The number of sulfonamides is 1. The van der Waals surface area contributed by atoms with Crippen LogP contribution >= 0.6 is 15.9 Å². The van der Waals surface area contributed by atoms with Gasteiger partial charge in [0, 0.05) is 5.33 Å². The summed E-state index contributed by atoms with van der Waals surface area (Å²) < 4.78 is 27.5. The minimum absolute atomic E-state index is 0.282. The second kappa shape index (κ2) is 5.97. The van der Waals surface area contributed by atoms with Gasteiger partial charge in [-0.15, -0.1) is 0 Å². The summed E-state index contributed by atoms with van der Waals surface area (Å²) in [7, 11) is -3.56. The topological polar surface area (TPSA) is 46.2 Å². The van der Waals surface area contributed by atoms with Gasteiger partial charge in [-0.1, -0.05) is 40.2 Å². The number of para-hydroxylation sites is 1. The minimum Gasteiger partial charge on any atom is -0.279 e. The summed E-state index contributed by atoms with van der Waals surface area (Å²) in [4.78, 5) is 0.282. The highest BCUT2D eigenvalue weighted by Crippen LogP contribution is 2.23. The molecule has 0 spiro atoms. The van der Waals surface area contributed by atoms with Gasteiger partial charge in [-0.25, -0.2) is 8.42 Å². The summed E-state index contributed by atoms with van der Waals surface area (Å²) in [5.41, 5.74) is 3.54. The van der Waals surface area contributed by atoms with E-state index in [2.05, 4.69) is 20.7 Å². The molecule has 0 atom stereocenters. The molecule has 2 rings (SSSR count). The number of nitrogens with one attached hydrogen (secondary N) is 1. The summed E-state index contributed by atoms with van der Waals surface area (Å²) in [6, 6.07) is 12.5. The van der Waals surface area contributed by atoms with E-state index in [1.165, 1.54) is 0 Å². The first-order valence-electron chi connectivity index (χ1n) is 6.18. The van der Waals surface area contributed by atoms with Crippen molar-refractivity contribution in [3.63, 3.8) is 0 Å². The second-order valence-corrected chi connectivity index (χ2v) is 6.89. The molecule has 3 nitrogen and oxygen atoms in total. The monoisotopic (exact) mass is 353 g/mol. The SMILES string of the molecule is Cc1ccc(S(=O)(=O)Nc2ccccc2CBr)cc1C. The van der Waals surface area contributed by atoms with Crippen molar-refractivity contribution in [2.24, 2.45) is 0 Å². The Morgan fingerprint density at radius 1 is 1.05 bits per heavy atom. The summed E-state index contributed by atoms with van der Waals surface area (Å²) in [5, 5.41) is 0.596. The van der Waals surface area contributed by atoms with Gasteiger partial charge in [-0.05, 0) is 48.7 Å². The predicted octanol–water partition coefficient (Wildman–Crippen LogP) is 4.00. The third kappa shape index (κ3) is 3.22. The number of benzene rings is 2. The van der Waals surface area contributed by atoms with E-state index in [9.17, 15) is 8.42 Å². The number of alkyl halides is 1. The van der Waals surface area contributed by atoms with Crippen LogP contribution in [-0.2, 0) is 15.4 Å². The Bertz CT molecular complexity index is 726. The third-order valence-electron chi connectivity index (χ3n) is 3.19. The molecule has 1 N–H and O–H groups in total. The van der Waals surface area contributed by atoms with E-state index in [1.54, 1.807) is 18.2 Å². The van der Waals surface area contributed by atoms with Crippen LogP contribution in [0.15, 0.2) is 47.4 Å². The molecule has 5 heteroatoms. The molecule has 106 valence electrons. The molecule has 0 unspecified atom stereocenters. The second-order valence-electron chi connectivity index (χ2n) is 4.64. The summed E-state index contributed by atoms with van der Waals surface area (Å²) >= 11 is 3.36. The van der Waals surface area contributed by atoms with Gasteiger partial charge in [0.25, 0.3) is 10.0 Å². The van der Waals surface area contributed by atoms with E-state index in [0.717, 1.165) is 16.7 Å². The van der Waals surface area contributed by atoms with Crippen LogP contribution in [0, 0.1) is 13.8 Å². The van der Waals surface area contributed by atoms with E-state index < -0.39 is 10.0 Å². The number of rotatable bonds is 4. The molecule has 0 aliphatic carbocycles. The van der Waals surface area contributed by atoms with Crippen LogP contribution in [0.4, 0.5) is 5.69 Å². The first-order chi connectivity index (χ1) is 9.44. The lowest BCUT2D eigenvalue weighted by Crippen LogP contribution is -2.14. The van der Waals surface area contributed by atoms with Gasteiger partial charge in [0.2, 0.25) is 0 Å². The van der Waals surface area contributed by atoms with Crippen molar-refractivity contribution in [2.45, 2.75) is 24.1 Å². The molecule has 0 amide bonds. The van der Waals surface area contributed by atoms with Crippen LogP contribution in [0.3, 0.4) is 0 Å². The van der Waals surface area contributed by atoms with E-state index in [1.807, 2.05) is 38.1 Å². The first-order valence-corrected chi connectivity index (χ1v) is 8.78. The zero-order valence-corrected chi connectivity index (χ0v) is 13.8. The number of hydrogen-bond acceptors (Lipinski definition) is 2. The maximum absolute atomic E-state index is 12.4. The van der Waals surface area contributed by atoms with Crippen LogP contribution in [0.1, 0.15) is 16.7 Å². The van der Waals surface area contributed by atoms with E-state index >= 15 is 0 Å². The molecule has 0 heterocycles. The lowest BCUT2D eigenvalue weighted by atomic mass is 10.1. The molecule has 0 bridgehead atoms. The zero-order valence-electron chi connectivity index (χ0n) is 11.4. The van der Waals surface area contributed by atoms with Gasteiger partial charge in [0.05, 0.1) is 10.6 Å². The standard InChI is InChI=1S/C15H16BrNO2S/c1-11-7-8-14(9-12(11)2)20(18,19)17-15-6-4-3-5-13(15)10-16/h3-9,17H,10H2,1-2H3. The molecule has 0 radical (unpaired) electrons. The van der Waals surface area contributed by atoms with Crippen molar-refractivity contribution in [3.8, 4) is 0 Å². The van der Waals surface area contributed by atoms with Crippen molar-refractivity contribution in [1.29, 1.82) is 0 Å². The molecular formula is C15H16BrNO2S. The van der Waals surface area contributed by atoms with E-state index in [4.69, 9.17) is 0 Å². The average Bonchev–Trinajstić information content (AvgIpc) is 2.42. The van der Waals surface area contributed by atoms with Crippen LogP contribution in [0.25, 0.3) is 0 Å². The highest BCUT2D eigenvalue weighted by molar-refractivity contribution is 9.08. The lowest BCUT2D eigenvalue weighted by molar-refractivity contribution is 0.601. The third-order valence-corrected chi connectivity index (χ3v) is 5.16. The summed E-state index contributed by atoms with van der Waals surface area (Å²) in [6.07, 6.45) is 0. The largest absolute Gasteiger partial charge is 0.279 e. The molecule has 0 aliphatic rings. The number of aryl methyl sites for hydroxylation is 2. The summed E-state index contributed by atoms with van der Waals surface area (Å²) in [6.45, 7) is 3.86. The quantitative estimate of drug-likeness (QED) is 0.844. The average molecular weight is 354 g/mol. The number of halogens is 1. The normalized spacial score (nSPS) is 11.3. The van der Waals surface area contributed by atoms with Crippen molar-refractivity contribution in [1.82, 2.24) is 0 Å². The fourth-order valence-electron chi connectivity index (χ4n) is 1.82. The van der Waals surface area contributed by atoms with E-state index in [-0.39, 0.29) is 4.90 Å². The lowest BCUT2D eigenvalue weighted by Gasteiger charge is -2.12. The molecule has 0 saturated carbocycles. The predicted molar refractivity (Wildman–Crippen MR) is 85.8 cm³/mol. The van der Waals surface area contributed by atoms with Crippen LogP contribution in [-0.4, -0.2) is 8.42 Å². The Morgan fingerprint density at radius 2 is 1.75 bits per heavy atom. The molecule has 2 aromatic carbocycles. The van der Waals surface area contributed by atoms with Crippen molar-refractivity contribution < 1.29 is 8.42 Å². The molecular weight excluding hydrogens is 338 g/mol. The molecule has 0 aliphatic heterocycles. The van der Waals surface area contributed by atoms with Crippen LogP contribution in [0.2, 0.25) is 0 Å². The molecule has 0 fully saturated rings. The van der Waals surface area contributed by atoms with Gasteiger partial charge in [-0.3, -0.25) is 4.72 Å². The summed E-state index contributed by atoms with van der Waals surface area (Å²) in [5.74, 6) is 0. The maximum atomic E-state index is 12.4. The van der Waals surface area contributed by atoms with Crippen molar-refractivity contribution in [2.75, 3.05) is 4.72 Å². The Hall–Kier alpha value is -1.33. The first kappa shape index (κ1) is 15.1. The van der Waals surface area contributed by atoms with Gasteiger partial charge in [-0.2, -0.15) is 0 Å². The fourth-order valence-corrected chi connectivity index (χ4v) is 3.50. The van der Waals surface area contributed by atoms with Gasteiger partial charge in [0.15, 0.2) is 0 Å². The molecule has 2 aromatic rings. The number of anilines is 1. The van der Waals surface area contributed by atoms with Crippen molar-refractivity contribution in [3.05, 3.63) is 59.2 Å². The minimum atomic E-state index is -3.56. The fraction of sp³-hybridized carbons (Fsp3) is 0.200. The maximum Gasteiger partial charge on any atom is 0.261 e. The molecule has 20 heavy (non-hydrogen) atoms. The Morgan fingerprint density at radius 3 is 2.40 bits per heavy atom. The van der Waals surface area contributed by atoms with Crippen LogP contribution in [0.5, 0.6) is 0 Å². The van der Waals surface area contributed by atoms with E-state index in [0.29, 0.717) is 11.0 Å². The molecule has 0 aromatic heterocycles. The Kier molecular flexibility index (Phi) is 4.50. The van der Waals surface area contributed by atoms with Gasteiger partial charge >= 0.3 is 0 Å². The van der Waals surface area contributed by atoms with Gasteiger partial charge in [0.1, 0.15) is 0 Å². The Balaban J connectivity index is 2.38. The number of hydrogen-bond donors (Lipinski definition) is 1. The smallest absolute Gasteiger partial charge is 0.261 e. The highest BCUT2D eigenvalue weighted by atomic mass is 79.9. The highest BCUT2D eigenvalue weighted by Gasteiger charge is 2.16. The molecule has 0 saturated heterocycles. The zero-order chi connectivity index (χ0) is 14.8. The van der Waals surface area contributed by atoms with Crippen molar-refractivity contribution >= 4 is 31.6 Å². The Labute approximate surface area is 128 Å².